The van der Waals surface area contributed by atoms with Gasteiger partial charge in [-0.3, -0.25) is 0 Å². The lowest BCUT2D eigenvalue weighted by atomic mass is 10.4. The Morgan fingerprint density at radius 3 is 0.433 bits per heavy atom. The maximum absolute atomic E-state index is 5.03. The second kappa shape index (κ2) is 39.9. The van der Waals surface area contributed by atoms with Crippen molar-refractivity contribution in [3.05, 3.63) is 178 Å². The summed E-state index contributed by atoms with van der Waals surface area (Å²) in [6.07, 6.45) is 2.87. The highest BCUT2D eigenvalue weighted by atomic mass is 32.2. The highest BCUT2D eigenvalue weighted by Gasteiger charge is 2.31. The molecule has 0 bridgehead atoms. The average Bonchev–Trinajstić information content (AvgIpc) is 1.64. The van der Waals surface area contributed by atoms with Crippen LogP contribution in [0.5, 0.6) is 0 Å². The second-order valence-corrected chi connectivity index (χ2v) is 56.5. The molecule has 30 heterocycles. The largest absolute Gasteiger partial charge is 0.312 e. The first-order valence-electron chi connectivity index (χ1n) is 42.7. The van der Waals surface area contributed by atoms with Crippen LogP contribution in [0, 0.1) is 6.20 Å². The van der Waals surface area contributed by atoms with Gasteiger partial charge in [-0.2, -0.15) is 0 Å². The molecule has 30 rings (SSSR count). The van der Waals surface area contributed by atoms with Crippen molar-refractivity contribution in [2.45, 2.75) is 0 Å². The molecular formula is C90H33N30S30. The van der Waals surface area contributed by atoms with Gasteiger partial charge < -0.3 is 4.90 Å². The van der Waals surface area contributed by atoms with E-state index in [0.717, 1.165) is 311 Å². The fourth-order valence-electron chi connectivity index (χ4n) is 14.5. The number of thiazole rings is 29. The van der Waals surface area contributed by atoms with Crippen LogP contribution in [0.4, 0.5) is 5.82 Å². The number of thioether (sulfide) groups is 1. The summed E-state index contributed by atoms with van der Waals surface area (Å²) in [6, 6.07) is 0. The number of anilines is 1. The van der Waals surface area contributed by atoms with Crippen molar-refractivity contribution in [2.24, 2.45) is 0 Å². The number of hydrogen-bond acceptors (Lipinski definition) is 60. The van der Waals surface area contributed by atoms with Gasteiger partial charge in [-0.15, -0.1) is 341 Å². The summed E-state index contributed by atoms with van der Waals surface area (Å²) in [5.41, 5.74) is 24.4. The van der Waals surface area contributed by atoms with Gasteiger partial charge in [0, 0.05) is 156 Å². The van der Waals surface area contributed by atoms with Crippen molar-refractivity contribution in [2.75, 3.05) is 10.8 Å². The van der Waals surface area contributed by atoms with Crippen molar-refractivity contribution in [3.63, 3.8) is 0 Å². The van der Waals surface area contributed by atoms with Crippen molar-refractivity contribution in [1.29, 1.82) is 0 Å². The van der Waals surface area contributed by atoms with Crippen LogP contribution >= 0.6 is 341 Å². The van der Waals surface area contributed by atoms with Gasteiger partial charge in [-0.25, -0.2) is 145 Å². The molecule has 1 aliphatic heterocycles. The standard InChI is InChI=1S/C90H33N30S30/c1-2-123-63(91-1)34-3-124-64(93-34)35-4-125-65(94-35)36-5-126-66(95-36)37-6-127-67(96-37)38-7-128-68(97-38)39-8-129-69(98-39)40-9-130-70(99-40)41-10-131-71(100-41)42-11-132-72(101-42)43-12-133-73(102-43)44-13-134-74(103-44)45-14-135-75(104-45)46-15-136-76(105-46)47-16-137-77(106-47)48-17-138-78(107-48)49-18-139-79(108-49)50-19-140-80(109-50)51-20-141-81(110-51)52-21-142-82(111-52)53-22-143-83(112-53)54-23-144-84(113-54)55-24-145-85(114-55)56-25-146-86(115-56)57-26-147-87(116-57)58-27-148-88(117-58)59-28-149-89(118-59)60-29-150-90(119-60)61-30-122-33-120(61)62-31-121-32-92-62/h2-32H,33H2. The minimum Gasteiger partial charge on any atom is -0.312 e. The van der Waals surface area contributed by atoms with Crippen LogP contribution in [0.1, 0.15) is 5.01 Å². The summed E-state index contributed by atoms with van der Waals surface area (Å²) in [7, 11) is 0. The van der Waals surface area contributed by atoms with Crippen molar-refractivity contribution >= 4 is 352 Å². The van der Waals surface area contributed by atoms with E-state index in [1.54, 1.807) is 148 Å². The number of nitrogens with zero attached hydrogens (tertiary/aromatic N) is 30. The predicted octanol–water partition coefficient (Wildman–Crippen LogP) is 33.2. The van der Waals surface area contributed by atoms with Crippen LogP contribution in [0.2, 0.25) is 0 Å². The molecule has 0 atom stereocenters. The number of hydrogen-bond donors (Lipinski definition) is 0. The molecule has 0 unspecified atom stereocenters. The predicted molar refractivity (Wildman–Crippen MR) is 636 cm³/mol. The van der Waals surface area contributed by atoms with Gasteiger partial charge in [0.1, 0.15) is 306 Å². The lowest BCUT2D eigenvalue weighted by Crippen LogP contribution is -2.16. The molecule has 29 aromatic rings. The fraction of sp³-hybridized carbons (Fsp3) is 0.0111. The van der Waals surface area contributed by atoms with Gasteiger partial charge in [0.15, 0.2) is 0 Å². The highest BCUT2D eigenvalue weighted by Crippen LogP contribution is 2.50. The SMILES string of the molecule is [c]1csc(-c2csc(-c3csc(-c4csc(-c5csc(-c6csc(-c7csc(-c8csc(-c9csc(-c%10csc(-c%11csc(-c%12csc(-c%13csc(-c%14csc(-c%15csc(-c%16csc(-c%17csc(-c%18csc(-c%19csc(-c%20csc(-c%21csc(-c%22csc(-c%23csc(-c%24csc(-c%25csc(-c%26csc(-c%27csc(-c%28csc(C%29=CSCN%29c%29cscn%29)n%28)n%27)n%26)n%25)n%24)n%23)n%22)n%21)n%20)n%19)n%18)n%17)n%16)n%15)n%14)n%13)n%12)n%11)n%10)n9)n8)n7)n6)n5)n4)n3)n2)n1. The van der Waals surface area contributed by atoms with Gasteiger partial charge in [0.25, 0.3) is 0 Å². The fourth-order valence-corrected chi connectivity index (χ4v) is 39.3. The van der Waals surface area contributed by atoms with Crippen LogP contribution in [-0.4, -0.2) is 150 Å². The first kappa shape index (κ1) is 93.9. The molecule has 0 saturated heterocycles. The lowest BCUT2D eigenvalue weighted by molar-refractivity contribution is 1.14. The van der Waals surface area contributed by atoms with Gasteiger partial charge in [-0.05, 0) is 5.41 Å². The van der Waals surface area contributed by atoms with E-state index in [4.69, 9.17) is 135 Å². The molecule has 0 N–H and O–H groups in total. The van der Waals surface area contributed by atoms with E-state index in [1.165, 1.54) is 193 Å². The Morgan fingerprint density at radius 2 is 0.300 bits per heavy atom. The third-order valence-corrected chi connectivity index (χ3v) is 47.0. The average molecular weight is 2500 g/mol. The van der Waals surface area contributed by atoms with Crippen molar-refractivity contribution in [3.8, 4) is 289 Å². The van der Waals surface area contributed by atoms with E-state index in [9.17, 15) is 0 Å². The van der Waals surface area contributed by atoms with E-state index in [-0.39, 0.29) is 0 Å². The van der Waals surface area contributed by atoms with E-state index in [1.807, 2.05) is 151 Å². The summed E-state index contributed by atoms with van der Waals surface area (Å²) in [4.78, 5) is 146. The Balaban J connectivity index is 0.307. The van der Waals surface area contributed by atoms with Crippen LogP contribution < -0.4 is 4.90 Å². The number of aromatic nitrogens is 29. The zero-order chi connectivity index (χ0) is 98.5. The minimum atomic E-state index is 0.781. The summed E-state index contributed by atoms with van der Waals surface area (Å²) < 4.78 is 0. The minimum absolute atomic E-state index is 0.781. The molecule has 60 heteroatoms. The normalized spacial score (nSPS) is 12.4. The Bertz CT molecular complexity index is 9440. The Kier molecular flexibility index (Phi) is 25.0. The third kappa shape index (κ3) is 18.4. The smallest absolute Gasteiger partial charge is 0.144 e. The molecule has 723 valence electrons. The third-order valence-electron chi connectivity index (χ3n) is 21.5. The Morgan fingerprint density at radius 1 is 0.160 bits per heavy atom. The molecule has 0 amide bonds. The van der Waals surface area contributed by atoms with Gasteiger partial charge in [0.05, 0.1) is 17.1 Å². The van der Waals surface area contributed by atoms with E-state index in [0.29, 0.717) is 0 Å². The monoisotopic (exact) mass is 2490 g/mol. The lowest BCUT2D eigenvalue weighted by Gasteiger charge is -2.16. The summed E-state index contributed by atoms with van der Waals surface area (Å²) in [5, 5.41) is 83.7. The highest BCUT2D eigenvalue weighted by molar-refractivity contribution is 8.02. The first-order chi connectivity index (χ1) is 74.0. The number of rotatable bonds is 29. The van der Waals surface area contributed by atoms with Crippen molar-refractivity contribution < 1.29 is 0 Å². The van der Waals surface area contributed by atoms with Gasteiger partial charge >= 0.3 is 0 Å². The van der Waals surface area contributed by atoms with Gasteiger partial charge in [-0.1, -0.05) is 0 Å². The quantitative estimate of drug-likeness (QED) is 0.0420. The zero-order valence-electron chi connectivity index (χ0n) is 73.3. The summed E-state index contributed by atoms with van der Waals surface area (Å²) >= 11 is 46.5. The second-order valence-electron chi connectivity index (χ2n) is 30.9. The molecule has 0 saturated carbocycles. The first-order valence-corrected chi connectivity index (χ1v) is 69.4. The maximum Gasteiger partial charge on any atom is 0.144 e. The van der Waals surface area contributed by atoms with Crippen LogP contribution in [-0.2, 0) is 0 Å². The van der Waals surface area contributed by atoms with E-state index >= 15 is 0 Å². The molecule has 0 aliphatic carbocycles. The topological polar surface area (TPSA) is 377 Å². The van der Waals surface area contributed by atoms with Crippen LogP contribution in [0.25, 0.3) is 295 Å². The zero-order valence-corrected chi connectivity index (χ0v) is 97.8. The van der Waals surface area contributed by atoms with E-state index in [2.05, 4.69) is 37.2 Å². The van der Waals surface area contributed by atoms with E-state index < -0.39 is 0 Å². The molecule has 0 fully saturated rings. The molecule has 1 aliphatic rings. The molecule has 30 nitrogen and oxygen atoms in total. The van der Waals surface area contributed by atoms with Crippen LogP contribution in [0.3, 0.4) is 0 Å². The molecular weight excluding hydrogens is 2460 g/mol. The maximum atomic E-state index is 5.03. The molecule has 0 aromatic carbocycles. The molecule has 0 spiro atoms. The summed E-state index contributed by atoms with van der Waals surface area (Å²) in [6.45, 7) is 0. The molecule has 150 heavy (non-hydrogen) atoms. The Hall–Kier alpha value is -10.8. The van der Waals surface area contributed by atoms with Gasteiger partial charge in [0.2, 0.25) is 0 Å². The van der Waals surface area contributed by atoms with Crippen molar-refractivity contribution in [1.82, 2.24) is 145 Å². The molecule has 1 radical (unpaired) electrons. The van der Waals surface area contributed by atoms with Crippen LogP contribution in [0.15, 0.2) is 167 Å². The molecule has 29 aromatic heterocycles. The Labute approximate surface area is 961 Å². The summed E-state index contributed by atoms with van der Waals surface area (Å²) in [5.74, 6) is 1.76.